The summed E-state index contributed by atoms with van der Waals surface area (Å²) in [6.45, 7) is 0.259. The maximum absolute atomic E-state index is 12.9. The van der Waals surface area contributed by atoms with Crippen LogP contribution in [0.15, 0.2) is 53.4 Å². The molecule has 2 amide bonds. The third-order valence-electron chi connectivity index (χ3n) is 5.38. The largest absolute Gasteiger partial charge is 0.416 e. The summed E-state index contributed by atoms with van der Waals surface area (Å²) in [6, 6.07) is 10.9. The molecule has 1 unspecified atom stereocenters. The van der Waals surface area contributed by atoms with Crippen LogP contribution in [0.4, 0.5) is 13.2 Å². The third kappa shape index (κ3) is 5.91. The minimum Gasteiger partial charge on any atom is -0.352 e. The fourth-order valence-corrected chi connectivity index (χ4v) is 4.39. The molecule has 1 fully saturated rings. The maximum atomic E-state index is 12.9. The van der Waals surface area contributed by atoms with Crippen molar-refractivity contribution in [2.24, 2.45) is 5.92 Å². The third-order valence-corrected chi connectivity index (χ3v) is 7.21. The molecule has 3 rings (SSSR count). The number of hydrogen-bond donors (Lipinski definition) is 1. The molecule has 1 aliphatic rings. The second-order valence-corrected chi connectivity index (χ2v) is 10.2. The van der Waals surface area contributed by atoms with Gasteiger partial charge in [-0.3, -0.25) is 9.59 Å². The van der Waals surface area contributed by atoms with Crippen LogP contribution in [0.5, 0.6) is 0 Å². The second kappa shape index (κ2) is 9.52. The van der Waals surface area contributed by atoms with Gasteiger partial charge in [0.2, 0.25) is 21.8 Å². The molecule has 33 heavy (non-hydrogen) atoms. The molecule has 1 aliphatic heterocycles. The van der Waals surface area contributed by atoms with Crippen molar-refractivity contribution in [2.45, 2.75) is 30.6 Å². The summed E-state index contributed by atoms with van der Waals surface area (Å²) >= 11 is 0. The summed E-state index contributed by atoms with van der Waals surface area (Å²) in [5, 5.41) is 2.73. The standard InChI is InChI=1S/C22H24F3N3O4S/c1-27(2)33(31,32)19-8-6-15(7-9-19)12-26-21(30)17-11-20(29)28(14-17)13-16-4-3-5-18(10-16)22(23,24)25/h3-10,17H,11-14H2,1-2H3,(H,26,30). The van der Waals surface area contributed by atoms with Crippen molar-refractivity contribution in [3.05, 3.63) is 65.2 Å². The van der Waals surface area contributed by atoms with Gasteiger partial charge in [-0.05, 0) is 35.4 Å². The molecule has 0 bridgehead atoms. The second-order valence-electron chi connectivity index (χ2n) is 8.02. The van der Waals surface area contributed by atoms with Gasteiger partial charge in [0, 0.05) is 40.2 Å². The highest BCUT2D eigenvalue weighted by atomic mass is 32.2. The average molecular weight is 484 g/mol. The summed E-state index contributed by atoms with van der Waals surface area (Å²) in [6.07, 6.45) is -4.49. The number of nitrogens with zero attached hydrogens (tertiary/aromatic N) is 2. The van der Waals surface area contributed by atoms with Gasteiger partial charge in [-0.2, -0.15) is 13.2 Å². The van der Waals surface area contributed by atoms with Crippen LogP contribution in [0.1, 0.15) is 23.1 Å². The number of benzene rings is 2. The number of hydrogen-bond acceptors (Lipinski definition) is 4. The predicted molar refractivity (Wildman–Crippen MR) is 114 cm³/mol. The van der Waals surface area contributed by atoms with E-state index in [4.69, 9.17) is 0 Å². The van der Waals surface area contributed by atoms with Crippen LogP contribution in [0, 0.1) is 5.92 Å². The Hall–Kier alpha value is -2.92. The lowest BCUT2D eigenvalue weighted by Gasteiger charge is -2.18. The minimum atomic E-state index is -4.47. The van der Waals surface area contributed by atoms with E-state index in [1.54, 1.807) is 12.1 Å². The van der Waals surface area contributed by atoms with Gasteiger partial charge in [-0.25, -0.2) is 12.7 Å². The molecule has 1 heterocycles. The van der Waals surface area contributed by atoms with Gasteiger partial charge in [0.05, 0.1) is 16.4 Å². The highest BCUT2D eigenvalue weighted by molar-refractivity contribution is 7.89. The van der Waals surface area contributed by atoms with Crippen molar-refractivity contribution in [3.8, 4) is 0 Å². The smallest absolute Gasteiger partial charge is 0.352 e. The van der Waals surface area contributed by atoms with Crippen LogP contribution in [-0.4, -0.2) is 50.1 Å². The molecule has 7 nitrogen and oxygen atoms in total. The fraction of sp³-hybridized carbons (Fsp3) is 0.364. The zero-order valence-electron chi connectivity index (χ0n) is 18.1. The molecule has 0 spiro atoms. The predicted octanol–water partition coefficient (Wildman–Crippen LogP) is 2.62. The van der Waals surface area contributed by atoms with Crippen LogP contribution in [-0.2, 0) is 38.9 Å². The van der Waals surface area contributed by atoms with Crippen LogP contribution in [0.2, 0.25) is 0 Å². The Balaban J connectivity index is 1.56. The highest BCUT2D eigenvalue weighted by Gasteiger charge is 2.35. The van der Waals surface area contributed by atoms with Crippen LogP contribution >= 0.6 is 0 Å². The molecule has 1 atom stereocenters. The summed E-state index contributed by atoms with van der Waals surface area (Å²) in [5.74, 6) is -1.26. The summed E-state index contributed by atoms with van der Waals surface area (Å²) in [5.41, 5.74) is 0.239. The zero-order valence-corrected chi connectivity index (χ0v) is 18.9. The van der Waals surface area contributed by atoms with Crippen molar-refractivity contribution in [2.75, 3.05) is 20.6 Å². The van der Waals surface area contributed by atoms with Gasteiger partial charge in [0.25, 0.3) is 0 Å². The Bertz CT molecular complexity index is 1130. The van der Waals surface area contributed by atoms with E-state index in [0.717, 1.165) is 16.4 Å². The first-order chi connectivity index (χ1) is 15.4. The molecular formula is C22H24F3N3O4S. The molecule has 0 radical (unpaired) electrons. The summed E-state index contributed by atoms with van der Waals surface area (Å²) < 4.78 is 64.0. The highest BCUT2D eigenvalue weighted by Crippen LogP contribution is 2.30. The first-order valence-corrected chi connectivity index (χ1v) is 11.5. The normalized spacial score (nSPS) is 17.0. The maximum Gasteiger partial charge on any atom is 0.416 e. The van der Waals surface area contributed by atoms with E-state index in [0.29, 0.717) is 11.1 Å². The van der Waals surface area contributed by atoms with E-state index in [2.05, 4.69) is 5.32 Å². The number of halogens is 3. The first-order valence-electron chi connectivity index (χ1n) is 10.1. The molecule has 2 aromatic carbocycles. The molecule has 0 saturated carbocycles. The molecule has 0 aliphatic carbocycles. The Morgan fingerprint density at radius 1 is 1.12 bits per heavy atom. The van der Waals surface area contributed by atoms with Gasteiger partial charge in [0.15, 0.2) is 0 Å². The molecule has 1 saturated heterocycles. The lowest BCUT2D eigenvalue weighted by molar-refractivity contribution is -0.137. The van der Waals surface area contributed by atoms with Crippen molar-refractivity contribution in [3.63, 3.8) is 0 Å². The van der Waals surface area contributed by atoms with E-state index in [1.165, 1.54) is 43.3 Å². The van der Waals surface area contributed by atoms with Crippen molar-refractivity contribution in [1.82, 2.24) is 14.5 Å². The van der Waals surface area contributed by atoms with Crippen LogP contribution < -0.4 is 5.32 Å². The molecule has 2 aromatic rings. The first kappa shape index (κ1) is 24.7. The van der Waals surface area contributed by atoms with E-state index in [1.807, 2.05) is 0 Å². The van der Waals surface area contributed by atoms with Gasteiger partial charge < -0.3 is 10.2 Å². The van der Waals surface area contributed by atoms with Crippen molar-refractivity contribution < 1.29 is 31.2 Å². The summed E-state index contributed by atoms with van der Waals surface area (Å²) in [4.78, 5) is 26.3. The fourth-order valence-electron chi connectivity index (χ4n) is 3.49. The molecule has 178 valence electrons. The number of rotatable bonds is 7. The topological polar surface area (TPSA) is 86.8 Å². The van der Waals surface area contributed by atoms with Gasteiger partial charge in [-0.15, -0.1) is 0 Å². The van der Waals surface area contributed by atoms with Crippen molar-refractivity contribution >= 4 is 21.8 Å². The number of carbonyl (C=O) groups is 2. The SMILES string of the molecule is CN(C)S(=O)(=O)c1ccc(CNC(=O)C2CC(=O)N(Cc3cccc(C(F)(F)F)c3)C2)cc1. The number of sulfonamides is 1. The van der Waals surface area contributed by atoms with E-state index < -0.39 is 27.7 Å². The molecule has 0 aromatic heterocycles. The van der Waals surface area contributed by atoms with E-state index in [9.17, 15) is 31.2 Å². The average Bonchev–Trinajstić information content (AvgIpc) is 3.12. The molecule has 11 heteroatoms. The lowest BCUT2D eigenvalue weighted by atomic mass is 10.1. The van der Waals surface area contributed by atoms with E-state index in [-0.39, 0.29) is 42.8 Å². The van der Waals surface area contributed by atoms with Crippen LogP contribution in [0.3, 0.4) is 0 Å². The number of nitrogens with one attached hydrogen (secondary N) is 1. The Morgan fingerprint density at radius 3 is 2.39 bits per heavy atom. The van der Waals surface area contributed by atoms with E-state index >= 15 is 0 Å². The Morgan fingerprint density at radius 2 is 1.79 bits per heavy atom. The number of carbonyl (C=O) groups excluding carboxylic acids is 2. The van der Waals surface area contributed by atoms with Crippen molar-refractivity contribution in [1.29, 1.82) is 0 Å². The minimum absolute atomic E-state index is 0.00561. The van der Waals surface area contributed by atoms with Crippen LogP contribution in [0.25, 0.3) is 0 Å². The molecule has 1 N–H and O–H groups in total. The number of alkyl halides is 3. The Labute approximate surface area is 190 Å². The Kier molecular flexibility index (Phi) is 7.13. The number of likely N-dealkylation sites (tertiary alicyclic amines) is 1. The van der Waals surface area contributed by atoms with Gasteiger partial charge in [-0.1, -0.05) is 24.3 Å². The van der Waals surface area contributed by atoms with Gasteiger partial charge >= 0.3 is 6.18 Å². The quantitative estimate of drug-likeness (QED) is 0.656. The lowest BCUT2D eigenvalue weighted by Crippen LogP contribution is -2.32. The molecular weight excluding hydrogens is 459 g/mol. The monoisotopic (exact) mass is 483 g/mol. The summed E-state index contributed by atoms with van der Waals surface area (Å²) in [7, 11) is -0.680. The zero-order chi connectivity index (χ0) is 24.4. The number of amides is 2. The van der Waals surface area contributed by atoms with Gasteiger partial charge in [0.1, 0.15) is 0 Å².